The van der Waals surface area contributed by atoms with Crippen LogP contribution in [0.2, 0.25) is 0 Å². The number of hydrogen-bond donors (Lipinski definition) is 1. The van der Waals surface area contributed by atoms with Gasteiger partial charge in [-0.25, -0.2) is 8.42 Å². The molecule has 1 heterocycles. The molecule has 7 nitrogen and oxygen atoms in total. The molecule has 1 N–H and O–H groups in total. The van der Waals surface area contributed by atoms with Gasteiger partial charge in [-0.05, 0) is 54.3 Å². The molecule has 1 amide bonds. The number of nitriles is 1. The summed E-state index contributed by atoms with van der Waals surface area (Å²) in [6.07, 6.45) is 2.80. The number of carbonyl (C=O) groups is 2. The van der Waals surface area contributed by atoms with Crippen LogP contribution in [0.15, 0.2) is 101 Å². The zero-order valence-electron chi connectivity index (χ0n) is 20.4. The van der Waals surface area contributed by atoms with E-state index in [0.717, 1.165) is 17.4 Å². The van der Waals surface area contributed by atoms with Gasteiger partial charge in [0.1, 0.15) is 5.57 Å². The first-order chi connectivity index (χ1) is 17.7. The average molecular weight is 512 g/mol. The van der Waals surface area contributed by atoms with Crippen LogP contribution in [0.3, 0.4) is 0 Å². The lowest BCUT2D eigenvalue weighted by Gasteiger charge is -2.24. The largest absolute Gasteiger partial charge is 0.345 e. The molecule has 2 unspecified atom stereocenters. The van der Waals surface area contributed by atoms with Crippen LogP contribution in [0.25, 0.3) is 0 Å². The van der Waals surface area contributed by atoms with Gasteiger partial charge in [-0.15, -0.1) is 0 Å². The summed E-state index contributed by atoms with van der Waals surface area (Å²) in [6, 6.07) is 24.0. The molecular weight excluding hydrogens is 486 g/mol. The van der Waals surface area contributed by atoms with Gasteiger partial charge in [-0.2, -0.15) is 5.26 Å². The van der Waals surface area contributed by atoms with Crippen molar-refractivity contribution in [3.05, 3.63) is 113 Å². The van der Waals surface area contributed by atoms with Crippen molar-refractivity contribution in [2.24, 2.45) is 4.99 Å². The van der Waals surface area contributed by atoms with Gasteiger partial charge in [-0.1, -0.05) is 54.6 Å². The number of rotatable bonds is 7. The number of ketones is 1. The van der Waals surface area contributed by atoms with Crippen LogP contribution in [0.5, 0.6) is 0 Å². The maximum absolute atomic E-state index is 13.4. The number of nitrogens with zero attached hydrogens (tertiary/aromatic N) is 2. The van der Waals surface area contributed by atoms with Crippen molar-refractivity contribution in [1.82, 2.24) is 5.32 Å². The Kier molecular flexibility index (Phi) is 7.46. The van der Waals surface area contributed by atoms with E-state index in [0.29, 0.717) is 23.3 Å². The summed E-state index contributed by atoms with van der Waals surface area (Å²) in [5.74, 6) is -1.54. The number of hydrogen-bond acceptors (Lipinski definition) is 6. The molecular formula is C29H25N3O4S. The Morgan fingerprint density at radius 1 is 1.03 bits per heavy atom. The van der Waals surface area contributed by atoms with Crippen LogP contribution in [0.4, 0.5) is 0 Å². The summed E-state index contributed by atoms with van der Waals surface area (Å²) in [6.45, 7) is 1.76. The standard InChI is InChI=1S/C29H25N3O4S/c1-19-27(23-6-4-3-5-7-23)28(33)25(18-31-19)29(34)32-26(16-20-8-10-21(17-30)11-9-20)22-12-14-24(15-13-22)37(2,35)36/h3-15,18,26-27H,16H2,1-2H3,(H,32,34). The summed E-state index contributed by atoms with van der Waals surface area (Å²) in [5, 5.41) is 12.0. The molecule has 0 fully saturated rings. The van der Waals surface area contributed by atoms with Crippen LogP contribution in [0.1, 0.15) is 41.1 Å². The summed E-state index contributed by atoms with van der Waals surface area (Å²) in [7, 11) is -3.38. The number of carbonyl (C=O) groups excluding carboxylic acids is 2. The minimum Gasteiger partial charge on any atom is -0.345 e. The van der Waals surface area contributed by atoms with Gasteiger partial charge in [-0.3, -0.25) is 14.6 Å². The number of amides is 1. The Hall–Kier alpha value is -4.35. The van der Waals surface area contributed by atoms with Gasteiger partial charge >= 0.3 is 0 Å². The van der Waals surface area contributed by atoms with Crippen molar-refractivity contribution in [2.45, 2.75) is 30.2 Å². The summed E-state index contributed by atoms with van der Waals surface area (Å²) < 4.78 is 23.8. The maximum atomic E-state index is 13.4. The van der Waals surface area contributed by atoms with Crippen LogP contribution < -0.4 is 5.32 Å². The molecule has 0 saturated heterocycles. The lowest BCUT2D eigenvalue weighted by Crippen LogP contribution is -2.36. The molecule has 4 rings (SSSR count). The number of sulfone groups is 1. The molecule has 186 valence electrons. The van der Waals surface area contributed by atoms with Gasteiger partial charge in [0.2, 0.25) is 0 Å². The van der Waals surface area contributed by atoms with E-state index < -0.39 is 27.7 Å². The lowest BCUT2D eigenvalue weighted by atomic mass is 9.85. The van der Waals surface area contributed by atoms with Gasteiger partial charge < -0.3 is 5.32 Å². The minimum atomic E-state index is -3.38. The molecule has 0 bridgehead atoms. The van der Waals surface area contributed by atoms with Crippen LogP contribution in [-0.2, 0) is 25.8 Å². The Labute approximate surface area is 216 Å². The smallest absolute Gasteiger partial charge is 0.257 e. The van der Waals surface area contributed by atoms with Crippen LogP contribution in [0, 0.1) is 11.3 Å². The zero-order valence-corrected chi connectivity index (χ0v) is 21.2. The summed E-state index contributed by atoms with van der Waals surface area (Å²) in [4.78, 5) is 31.3. The third-order valence-corrected chi connectivity index (χ3v) is 7.39. The third-order valence-electron chi connectivity index (χ3n) is 6.26. The Morgan fingerprint density at radius 2 is 1.68 bits per heavy atom. The maximum Gasteiger partial charge on any atom is 0.257 e. The molecule has 1 aliphatic rings. The van der Waals surface area contributed by atoms with Crippen molar-refractivity contribution < 1.29 is 18.0 Å². The predicted octanol–water partition coefficient (Wildman–Crippen LogP) is 4.07. The van der Waals surface area contributed by atoms with Crippen molar-refractivity contribution in [3.63, 3.8) is 0 Å². The molecule has 3 aromatic rings. The van der Waals surface area contributed by atoms with E-state index in [1.54, 1.807) is 43.3 Å². The first-order valence-corrected chi connectivity index (χ1v) is 13.5. The molecule has 37 heavy (non-hydrogen) atoms. The highest BCUT2D eigenvalue weighted by Crippen LogP contribution is 2.27. The van der Waals surface area contributed by atoms with E-state index in [-0.39, 0.29) is 16.3 Å². The highest BCUT2D eigenvalue weighted by Gasteiger charge is 2.33. The lowest BCUT2D eigenvalue weighted by molar-refractivity contribution is -0.123. The molecule has 0 saturated carbocycles. The molecule has 0 aliphatic carbocycles. The molecule has 0 radical (unpaired) electrons. The van der Waals surface area contributed by atoms with Crippen molar-refractivity contribution >= 4 is 27.2 Å². The zero-order chi connectivity index (χ0) is 26.6. The summed E-state index contributed by atoms with van der Waals surface area (Å²) >= 11 is 0. The first kappa shape index (κ1) is 25.7. The normalized spacial score (nSPS) is 16.2. The van der Waals surface area contributed by atoms with Gasteiger partial charge in [0.05, 0.1) is 28.5 Å². The minimum absolute atomic E-state index is 0.0444. The SMILES string of the molecule is CC1=NC=C(C(=O)NC(Cc2ccc(C#N)cc2)c2ccc(S(C)(=O)=O)cc2)C(=O)C1c1ccccc1. The van der Waals surface area contributed by atoms with E-state index in [1.807, 2.05) is 30.3 Å². The van der Waals surface area contributed by atoms with Gasteiger partial charge in [0.25, 0.3) is 5.91 Å². The highest BCUT2D eigenvalue weighted by atomic mass is 32.2. The van der Waals surface area contributed by atoms with Gasteiger partial charge in [0, 0.05) is 18.2 Å². The number of Topliss-reactive ketones (excluding diaryl/α,β-unsaturated/α-hetero) is 1. The van der Waals surface area contributed by atoms with Crippen molar-refractivity contribution in [3.8, 4) is 6.07 Å². The van der Waals surface area contributed by atoms with Crippen LogP contribution >= 0.6 is 0 Å². The highest BCUT2D eigenvalue weighted by molar-refractivity contribution is 7.90. The van der Waals surface area contributed by atoms with E-state index in [1.165, 1.54) is 18.3 Å². The Balaban J connectivity index is 1.63. The third kappa shape index (κ3) is 5.90. The number of nitrogens with one attached hydrogen (secondary N) is 1. The number of aliphatic imine (C=N–C) groups is 1. The summed E-state index contributed by atoms with van der Waals surface area (Å²) in [5.41, 5.74) is 3.37. The van der Waals surface area contributed by atoms with Crippen molar-refractivity contribution in [1.29, 1.82) is 5.26 Å². The van der Waals surface area contributed by atoms with Crippen LogP contribution in [-0.4, -0.2) is 32.1 Å². The molecule has 0 spiro atoms. The quantitative estimate of drug-likeness (QED) is 0.480. The fraction of sp³-hybridized carbons (Fsp3) is 0.172. The second-order valence-corrected chi connectivity index (χ2v) is 10.9. The fourth-order valence-electron chi connectivity index (χ4n) is 4.24. The first-order valence-electron chi connectivity index (χ1n) is 11.6. The monoisotopic (exact) mass is 511 g/mol. The number of benzene rings is 3. The second-order valence-electron chi connectivity index (χ2n) is 8.90. The molecule has 8 heteroatoms. The van der Waals surface area contributed by atoms with E-state index in [4.69, 9.17) is 5.26 Å². The Bertz CT molecular complexity index is 1530. The molecule has 0 aromatic heterocycles. The van der Waals surface area contributed by atoms with E-state index in [9.17, 15) is 18.0 Å². The predicted molar refractivity (Wildman–Crippen MR) is 141 cm³/mol. The topological polar surface area (TPSA) is 116 Å². The van der Waals surface area contributed by atoms with E-state index in [2.05, 4.69) is 16.4 Å². The molecule has 3 aromatic carbocycles. The second kappa shape index (κ2) is 10.7. The van der Waals surface area contributed by atoms with Crippen molar-refractivity contribution in [2.75, 3.05) is 6.26 Å². The molecule has 2 atom stereocenters. The van der Waals surface area contributed by atoms with E-state index >= 15 is 0 Å². The van der Waals surface area contributed by atoms with Gasteiger partial charge in [0.15, 0.2) is 15.6 Å². The Morgan fingerprint density at radius 3 is 2.27 bits per heavy atom. The molecule has 1 aliphatic heterocycles. The fourth-order valence-corrected chi connectivity index (χ4v) is 4.88. The average Bonchev–Trinajstić information content (AvgIpc) is 2.89.